The maximum absolute atomic E-state index is 11.9. The van der Waals surface area contributed by atoms with E-state index in [1.165, 1.54) is 6.08 Å². The monoisotopic (exact) mass is 246 g/mol. The number of hydrogen-bond acceptors (Lipinski definition) is 3. The molecule has 0 aromatic rings. The fourth-order valence-electron chi connectivity index (χ4n) is 2.31. The largest absolute Gasteiger partial charge is 0.329 e. The molecule has 94 valence electrons. The Bertz CT molecular complexity index is 327. The van der Waals surface area contributed by atoms with E-state index in [4.69, 9.17) is 5.73 Å². The van der Waals surface area contributed by atoms with Crippen molar-refractivity contribution in [1.82, 2.24) is 4.31 Å². The van der Waals surface area contributed by atoms with Gasteiger partial charge in [-0.3, -0.25) is 0 Å². The van der Waals surface area contributed by atoms with Crippen molar-refractivity contribution in [1.29, 1.82) is 0 Å². The molecule has 0 aliphatic carbocycles. The molecule has 2 N–H and O–H groups in total. The number of hydrogen-bond donors (Lipinski definition) is 1. The van der Waals surface area contributed by atoms with Crippen LogP contribution in [0.2, 0.25) is 0 Å². The fourth-order valence-corrected chi connectivity index (χ4v) is 3.81. The Hall–Kier alpha value is -0.390. The Morgan fingerprint density at radius 1 is 1.56 bits per heavy atom. The number of rotatable bonds is 5. The highest BCUT2D eigenvalue weighted by atomic mass is 32.2. The molecule has 16 heavy (non-hydrogen) atoms. The van der Waals surface area contributed by atoms with Crippen LogP contribution in [-0.4, -0.2) is 37.6 Å². The van der Waals surface area contributed by atoms with Gasteiger partial charge in [-0.05, 0) is 18.8 Å². The number of nitrogens with zero attached hydrogens (tertiary/aromatic N) is 1. The molecular weight excluding hydrogens is 224 g/mol. The third-order valence-electron chi connectivity index (χ3n) is 3.31. The van der Waals surface area contributed by atoms with Crippen molar-refractivity contribution in [3.63, 3.8) is 0 Å². The van der Waals surface area contributed by atoms with Crippen LogP contribution in [0.25, 0.3) is 0 Å². The summed E-state index contributed by atoms with van der Waals surface area (Å²) < 4.78 is 25.5. The topological polar surface area (TPSA) is 63.4 Å². The molecule has 1 rings (SSSR count). The Labute approximate surface area is 98.6 Å². The molecule has 1 heterocycles. The first-order valence-electron chi connectivity index (χ1n) is 5.85. The van der Waals surface area contributed by atoms with Gasteiger partial charge < -0.3 is 5.73 Å². The van der Waals surface area contributed by atoms with Crippen LogP contribution < -0.4 is 5.73 Å². The highest BCUT2D eigenvalue weighted by molar-refractivity contribution is 7.89. The Kier molecular flexibility index (Phi) is 4.95. The molecule has 0 radical (unpaired) electrons. The normalized spacial score (nSPS) is 27.9. The molecule has 1 fully saturated rings. The Balaban J connectivity index is 2.77. The molecule has 0 aromatic carbocycles. The van der Waals surface area contributed by atoms with Crippen LogP contribution in [0, 0.1) is 5.92 Å². The van der Waals surface area contributed by atoms with Gasteiger partial charge in [0.15, 0.2) is 0 Å². The van der Waals surface area contributed by atoms with Crippen molar-refractivity contribution in [2.45, 2.75) is 32.2 Å². The van der Waals surface area contributed by atoms with Crippen molar-refractivity contribution in [2.75, 3.05) is 18.8 Å². The number of nitrogens with two attached hydrogens (primary N) is 1. The van der Waals surface area contributed by atoms with Gasteiger partial charge in [-0.1, -0.05) is 19.4 Å². The van der Waals surface area contributed by atoms with E-state index in [9.17, 15) is 8.42 Å². The van der Waals surface area contributed by atoms with Crippen LogP contribution in [0.3, 0.4) is 0 Å². The van der Waals surface area contributed by atoms with Crippen molar-refractivity contribution in [2.24, 2.45) is 11.7 Å². The maximum Gasteiger partial charge on any atom is 0.217 e. The Morgan fingerprint density at radius 3 is 2.75 bits per heavy atom. The first-order valence-corrected chi connectivity index (χ1v) is 7.46. The highest BCUT2D eigenvalue weighted by Gasteiger charge is 2.33. The van der Waals surface area contributed by atoms with Crippen LogP contribution in [-0.2, 0) is 10.0 Å². The summed E-state index contributed by atoms with van der Waals surface area (Å²) in [4.78, 5) is 0. The van der Waals surface area contributed by atoms with Gasteiger partial charge in [0.2, 0.25) is 10.0 Å². The predicted octanol–water partition coefficient (Wildman–Crippen LogP) is 0.952. The minimum Gasteiger partial charge on any atom is -0.329 e. The fraction of sp³-hybridized carbons (Fsp3) is 0.818. The van der Waals surface area contributed by atoms with E-state index in [0.29, 0.717) is 19.0 Å². The van der Waals surface area contributed by atoms with Crippen LogP contribution >= 0.6 is 0 Å². The van der Waals surface area contributed by atoms with Gasteiger partial charge in [0.1, 0.15) is 0 Å². The Morgan fingerprint density at radius 2 is 2.25 bits per heavy atom. The lowest BCUT2D eigenvalue weighted by atomic mass is 9.90. The average Bonchev–Trinajstić information content (AvgIpc) is 2.28. The third kappa shape index (κ3) is 3.06. The van der Waals surface area contributed by atoms with Gasteiger partial charge in [0, 0.05) is 19.1 Å². The molecule has 2 atom stereocenters. The second-order valence-corrected chi connectivity index (χ2v) is 6.33. The molecule has 5 heteroatoms. The van der Waals surface area contributed by atoms with Gasteiger partial charge in [-0.15, -0.1) is 6.58 Å². The van der Waals surface area contributed by atoms with Crippen LogP contribution in [0.15, 0.2) is 12.7 Å². The van der Waals surface area contributed by atoms with Crippen LogP contribution in [0.4, 0.5) is 0 Å². The highest BCUT2D eigenvalue weighted by Crippen LogP contribution is 2.27. The van der Waals surface area contributed by atoms with E-state index in [0.717, 1.165) is 19.3 Å². The van der Waals surface area contributed by atoms with Crippen LogP contribution in [0.1, 0.15) is 26.2 Å². The lowest BCUT2D eigenvalue weighted by molar-refractivity contribution is 0.198. The molecule has 0 spiro atoms. The number of sulfonamides is 1. The number of piperidine rings is 1. The zero-order chi connectivity index (χ0) is 12.2. The van der Waals surface area contributed by atoms with E-state index < -0.39 is 10.0 Å². The summed E-state index contributed by atoms with van der Waals surface area (Å²) in [7, 11) is -3.19. The molecule has 1 aliphatic heterocycles. The van der Waals surface area contributed by atoms with Gasteiger partial charge >= 0.3 is 0 Å². The zero-order valence-corrected chi connectivity index (χ0v) is 10.7. The quantitative estimate of drug-likeness (QED) is 0.735. The van der Waals surface area contributed by atoms with Crippen molar-refractivity contribution in [3.8, 4) is 0 Å². The van der Waals surface area contributed by atoms with E-state index >= 15 is 0 Å². The van der Waals surface area contributed by atoms with E-state index in [-0.39, 0.29) is 11.8 Å². The van der Waals surface area contributed by atoms with Gasteiger partial charge in [-0.25, -0.2) is 8.42 Å². The first kappa shape index (κ1) is 13.7. The average molecular weight is 246 g/mol. The first-order chi connectivity index (χ1) is 7.55. The van der Waals surface area contributed by atoms with Gasteiger partial charge in [0.05, 0.1) is 5.75 Å². The standard InChI is InChI=1S/C11H22N2O2S/c1-3-7-16(14,15)13-6-5-10(4-2)8-11(13)9-12/h3,10-11H,1,4-9,12H2,2H3. The molecule has 0 amide bonds. The molecular formula is C11H22N2O2S. The molecule has 4 nitrogen and oxygen atoms in total. The summed E-state index contributed by atoms with van der Waals surface area (Å²) in [5.74, 6) is 0.629. The molecule has 1 saturated heterocycles. The van der Waals surface area contributed by atoms with Crippen LogP contribution in [0.5, 0.6) is 0 Å². The molecule has 0 bridgehead atoms. The lowest BCUT2D eigenvalue weighted by Gasteiger charge is -2.37. The minimum absolute atomic E-state index is 0.0142. The summed E-state index contributed by atoms with van der Waals surface area (Å²) in [6.07, 6.45) is 4.38. The van der Waals surface area contributed by atoms with Crippen molar-refractivity contribution in [3.05, 3.63) is 12.7 Å². The molecule has 0 saturated carbocycles. The smallest absolute Gasteiger partial charge is 0.217 e. The summed E-state index contributed by atoms with van der Waals surface area (Å²) in [5.41, 5.74) is 5.67. The summed E-state index contributed by atoms with van der Waals surface area (Å²) in [5, 5.41) is 0. The van der Waals surface area contributed by atoms with Crippen molar-refractivity contribution < 1.29 is 8.42 Å². The van der Waals surface area contributed by atoms with E-state index in [2.05, 4.69) is 13.5 Å². The van der Waals surface area contributed by atoms with E-state index in [1.807, 2.05) is 0 Å². The second-order valence-electron chi connectivity index (χ2n) is 4.37. The molecule has 1 aliphatic rings. The van der Waals surface area contributed by atoms with Gasteiger partial charge in [-0.2, -0.15) is 4.31 Å². The third-order valence-corrected chi connectivity index (χ3v) is 5.16. The molecule has 0 aromatic heterocycles. The maximum atomic E-state index is 11.9. The van der Waals surface area contributed by atoms with E-state index in [1.54, 1.807) is 4.31 Å². The summed E-state index contributed by atoms with van der Waals surface area (Å²) >= 11 is 0. The predicted molar refractivity (Wildman–Crippen MR) is 66.5 cm³/mol. The summed E-state index contributed by atoms with van der Waals surface area (Å²) in [6, 6.07) is -0.0244. The lowest BCUT2D eigenvalue weighted by Crippen LogP contribution is -2.50. The van der Waals surface area contributed by atoms with Crippen molar-refractivity contribution >= 4 is 10.0 Å². The second kappa shape index (κ2) is 5.80. The SMILES string of the molecule is C=CCS(=O)(=O)N1CCC(CC)CC1CN. The summed E-state index contributed by atoms with van der Waals surface area (Å²) in [6.45, 7) is 6.65. The molecule has 2 unspecified atom stereocenters. The zero-order valence-electron chi connectivity index (χ0n) is 9.93. The minimum atomic E-state index is -3.19. The van der Waals surface area contributed by atoms with Gasteiger partial charge in [0.25, 0.3) is 0 Å².